The van der Waals surface area contributed by atoms with Crippen LogP contribution in [0.5, 0.6) is 0 Å². The maximum atomic E-state index is 10.3. The minimum atomic E-state index is -0.858. The summed E-state index contributed by atoms with van der Waals surface area (Å²) in [7, 11) is 0. The highest BCUT2D eigenvalue weighted by atomic mass is 16.3. The van der Waals surface area contributed by atoms with E-state index in [1.54, 1.807) is 0 Å². The van der Waals surface area contributed by atoms with Gasteiger partial charge in [0.2, 0.25) is 0 Å². The Labute approximate surface area is 79.4 Å². The molecule has 4 atom stereocenters. The van der Waals surface area contributed by atoms with E-state index in [1.807, 2.05) is 13.8 Å². The molecule has 0 heterocycles. The van der Waals surface area contributed by atoms with Gasteiger partial charge in [0.25, 0.3) is 0 Å². The van der Waals surface area contributed by atoms with Crippen molar-refractivity contribution >= 4 is 0 Å². The largest absolute Gasteiger partial charge is 0.396 e. The molecule has 13 heavy (non-hydrogen) atoms. The molecule has 1 aliphatic rings. The molecule has 0 radical (unpaired) electrons. The SMILES string of the molecule is CC(CO)[C@]1(O)CC[C@H](C)[C@H]1CO. The second kappa shape index (κ2) is 3.95. The number of aliphatic hydroxyl groups is 3. The predicted octanol–water partition coefficient (Wildman–Crippen LogP) is 0.384. The molecular formula is C10H20O3. The molecule has 1 unspecified atom stereocenters. The Balaban J connectivity index is 2.77. The first-order valence-corrected chi connectivity index (χ1v) is 5.00. The third kappa shape index (κ3) is 1.73. The predicted molar refractivity (Wildman–Crippen MR) is 50.2 cm³/mol. The van der Waals surface area contributed by atoms with E-state index in [1.165, 1.54) is 0 Å². The summed E-state index contributed by atoms with van der Waals surface area (Å²) in [4.78, 5) is 0. The first-order chi connectivity index (χ1) is 6.06. The zero-order valence-corrected chi connectivity index (χ0v) is 8.40. The highest BCUT2D eigenvalue weighted by Crippen LogP contribution is 2.44. The molecule has 1 fully saturated rings. The van der Waals surface area contributed by atoms with Crippen molar-refractivity contribution in [3.63, 3.8) is 0 Å². The molecule has 0 saturated heterocycles. The average molecular weight is 188 g/mol. The fourth-order valence-corrected chi connectivity index (χ4v) is 2.45. The van der Waals surface area contributed by atoms with Crippen molar-refractivity contribution in [2.24, 2.45) is 17.8 Å². The minimum Gasteiger partial charge on any atom is -0.396 e. The van der Waals surface area contributed by atoms with Gasteiger partial charge in [-0.2, -0.15) is 0 Å². The summed E-state index contributed by atoms with van der Waals surface area (Å²) in [5.74, 6) is 0.133. The highest BCUT2D eigenvalue weighted by molar-refractivity contribution is 4.98. The van der Waals surface area contributed by atoms with E-state index in [0.717, 1.165) is 6.42 Å². The first kappa shape index (κ1) is 11.0. The average Bonchev–Trinajstić information content (AvgIpc) is 2.42. The smallest absolute Gasteiger partial charge is 0.0747 e. The van der Waals surface area contributed by atoms with Crippen LogP contribution in [0.4, 0.5) is 0 Å². The summed E-state index contributed by atoms with van der Waals surface area (Å²) in [6, 6.07) is 0. The van der Waals surface area contributed by atoms with Crippen LogP contribution >= 0.6 is 0 Å². The molecular weight excluding hydrogens is 168 g/mol. The Morgan fingerprint density at radius 1 is 1.46 bits per heavy atom. The second-order valence-corrected chi connectivity index (χ2v) is 4.38. The van der Waals surface area contributed by atoms with Gasteiger partial charge in [0.1, 0.15) is 0 Å². The number of hydrogen-bond donors (Lipinski definition) is 3. The van der Waals surface area contributed by atoms with Crippen molar-refractivity contribution in [2.75, 3.05) is 13.2 Å². The Bertz CT molecular complexity index is 172. The van der Waals surface area contributed by atoms with E-state index in [9.17, 15) is 10.2 Å². The third-order valence-electron chi connectivity index (χ3n) is 3.65. The Morgan fingerprint density at radius 3 is 2.54 bits per heavy atom. The lowest BCUT2D eigenvalue weighted by Gasteiger charge is -2.35. The van der Waals surface area contributed by atoms with Gasteiger partial charge in [-0.1, -0.05) is 13.8 Å². The standard InChI is InChI=1S/C10H20O3/c1-7-3-4-10(13,8(2)5-11)9(7)6-12/h7-9,11-13H,3-6H2,1-2H3/t7-,8?,9+,10+/m0/s1. The molecule has 3 nitrogen and oxygen atoms in total. The number of rotatable bonds is 3. The monoisotopic (exact) mass is 188 g/mol. The normalized spacial score (nSPS) is 42.2. The van der Waals surface area contributed by atoms with Gasteiger partial charge in [-0.3, -0.25) is 0 Å². The van der Waals surface area contributed by atoms with E-state index < -0.39 is 5.60 Å². The van der Waals surface area contributed by atoms with Crippen molar-refractivity contribution in [1.29, 1.82) is 0 Å². The maximum Gasteiger partial charge on any atom is 0.0747 e. The molecule has 0 aromatic rings. The molecule has 0 aromatic carbocycles. The topological polar surface area (TPSA) is 60.7 Å². The van der Waals surface area contributed by atoms with E-state index in [2.05, 4.69) is 0 Å². The van der Waals surface area contributed by atoms with Crippen LogP contribution in [0.3, 0.4) is 0 Å². The molecule has 0 spiro atoms. The van der Waals surface area contributed by atoms with Crippen molar-refractivity contribution in [3.8, 4) is 0 Å². The van der Waals surface area contributed by atoms with Crippen LogP contribution in [0.2, 0.25) is 0 Å². The molecule has 1 rings (SSSR count). The van der Waals surface area contributed by atoms with Crippen LogP contribution in [-0.2, 0) is 0 Å². The van der Waals surface area contributed by atoms with Gasteiger partial charge in [-0.15, -0.1) is 0 Å². The van der Waals surface area contributed by atoms with Gasteiger partial charge < -0.3 is 15.3 Å². The molecule has 0 aliphatic heterocycles. The molecule has 3 N–H and O–H groups in total. The summed E-state index contributed by atoms with van der Waals surface area (Å²) >= 11 is 0. The van der Waals surface area contributed by atoms with Gasteiger partial charge in [0.05, 0.1) is 5.60 Å². The third-order valence-corrected chi connectivity index (χ3v) is 3.65. The van der Waals surface area contributed by atoms with Crippen LogP contribution in [0.25, 0.3) is 0 Å². The number of aliphatic hydroxyl groups excluding tert-OH is 2. The fraction of sp³-hybridized carbons (Fsp3) is 1.00. The van der Waals surface area contributed by atoms with Gasteiger partial charge in [0, 0.05) is 25.0 Å². The van der Waals surface area contributed by atoms with Crippen molar-refractivity contribution in [1.82, 2.24) is 0 Å². The van der Waals surface area contributed by atoms with Crippen molar-refractivity contribution in [3.05, 3.63) is 0 Å². The van der Waals surface area contributed by atoms with Gasteiger partial charge in [-0.25, -0.2) is 0 Å². The van der Waals surface area contributed by atoms with Crippen molar-refractivity contribution in [2.45, 2.75) is 32.3 Å². The van der Waals surface area contributed by atoms with Crippen LogP contribution in [0.15, 0.2) is 0 Å². The lowest BCUT2D eigenvalue weighted by atomic mass is 9.78. The molecule has 0 amide bonds. The van der Waals surface area contributed by atoms with Crippen LogP contribution < -0.4 is 0 Å². The summed E-state index contributed by atoms with van der Waals surface area (Å²) in [6.07, 6.45) is 1.63. The van der Waals surface area contributed by atoms with Crippen LogP contribution in [-0.4, -0.2) is 34.1 Å². The summed E-state index contributed by atoms with van der Waals surface area (Å²) < 4.78 is 0. The zero-order chi connectivity index (χ0) is 10.1. The lowest BCUT2D eigenvalue weighted by Crippen LogP contribution is -2.44. The quantitative estimate of drug-likeness (QED) is 0.600. The molecule has 0 aromatic heterocycles. The van der Waals surface area contributed by atoms with E-state index in [4.69, 9.17) is 5.11 Å². The zero-order valence-electron chi connectivity index (χ0n) is 8.40. The van der Waals surface area contributed by atoms with Crippen LogP contribution in [0, 0.1) is 17.8 Å². The van der Waals surface area contributed by atoms with E-state index in [0.29, 0.717) is 12.3 Å². The molecule has 1 aliphatic carbocycles. The molecule has 1 saturated carbocycles. The lowest BCUT2D eigenvalue weighted by molar-refractivity contribution is -0.0823. The maximum absolute atomic E-state index is 10.3. The summed E-state index contributed by atoms with van der Waals surface area (Å²) in [6.45, 7) is 3.88. The molecule has 3 heteroatoms. The molecule has 0 bridgehead atoms. The van der Waals surface area contributed by atoms with E-state index in [-0.39, 0.29) is 25.0 Å². The summed E-state index contributed by atoms with van der Waals surface area (Å²) in [5.41, 5.74) is -0.858. The Kier molecular flexibility index (Phi) is 3.33. The second-order valence-electron chi connectivity index (χ2n) is 4.38. The Morgan fingerprint density at radius 2 is 2.08 bits per heavy atom. The highest BCUT2D eigenvalue weighted by Gasteiger charge is 2.48. The van der Waals surface area contributed by atoms with Crippen molar-refractivity contribution < 1.29 is 15.3 Å². The molecule has 78 valence electrons. The Hall–Kier alpha value is -0.120. The van der Waals surface area contributed by atoms with Crippen LogP contribution in [0.1, 0.15) is 26.7 Å². The summed E-state index contributed by atoms with van der Waals surface area (Å²) in [5, 5.41) is 28.5. The minimum absolute atomic E-state index is 0.0142. The van der Waals surface area contributed by atoms with Gasteiger partial charge >= 0.3 is 0 Å². The first-order valence-electron chi connectivity index (χ1n) is 5.00. The number of hydrogen-bond acceptors (Lipinski definition) is 3. The van der Waals surface area contributed by atoms with E-state index >= 15 is 0 Å². The van der Waals surface area contributed by atoms with Gasteiger partial charge in [-0.05, 0) is 18.8 Å². The fourth-order valence-electron chi connectivity index (χ4n) is 2.45. The van der Waals surface area contributed by atoms with Gasteiger partial charge in [0.15, 0.2) is 0 Å².